The zero-order valence-corrected chi connectivity index (χ0v) is 33.2. The second-order valence-electron chi connectivity index (χ2n) is 15.7. The first-order valence-corrected chi connectivity index (χ1v) is 19.9. The maximum atomic E-state index is 12.4. The van der Waals surface area contributed by atoms with Gasteiger partial charge in [-0.3, -0.25) is 14.5 Å². The van der Waals surface area contributed by atoms with E-state index in [0.29, 0.717) is 30.3 Å². The van der Waals surface area contributed by atoms with Crippen LogP contribution in [-0.2, 0) is 16.1 Å². The molecule has 3 aliphatic heterocycles. The zero-order chi connectivity index (χ0) is 40.4. The molecule has 304 valence electrons. The van der Waals surface area contributed by atoms with Crippen molar-refractivity contribution in [1.29, 1.82) is 0 Å². The molecule has 0 aliphatic carbocycles. The second-order valence-corrected chi connectivity index (χ2v) is 15.7. The Balaban J connectivity index is 0.000000196. The number of hydrogen-bond donors (Lipinski definition) is 5. The maximum Gasteiger partial charge on any atom is 0.407 e. The number of para-hydroxylation sites is 1. The summed E-state index contributed by atoms with van der Waals surface area (Å²) in [7, 11) is 0. The molecule has 6 N–H and O–H groups in total. The van der Waals surface area contributed by atoms with Crippen molar-refractivity contribution in [2.75, 3.05) is 62.6 Å². The number of nitrogens with one attached hydrogen (secondary N) is 3. The van der Waals surface area contributed by atoms with Gasteiger partial charge in [0.15, 0.2) is 0 Å². The number of rotatable bonds is 11. The molecule has 2 amide bonds. The number of nitrogens with two attached hydrogens (primary N) is 1. The largest absolute Gasteiger partial charge is 0.481 e. The third-order valence-corrected chi connectivity index (χ3v) is 10.4. The molecule has 14 nitrogen and oxygen atoms in total. The quantitative estimate of drug-likeness (QED) is 0.119. The zero-order valence-electron chi connectivity index (χ0n) is 33.2. The number of piperazine rings is 1. The van der Waals surface area contributed by atoms with Crippen LogP contribution in [0.3, 0.4) is 0 Å². The van der Waals surface area contributed by atoms with Crippen LogP contribution in [0.5, 0.6) is 11.5 Å². The topological polar surface area (TPSA) is 176 Å². The molecule has 2 fully saturated rings. The maximum absolute atomic E-state index is 12.4. The fraction of sp³-hybridized carbons (Fsp3) is 0.442. The number of nitrogens with zero attached hydrogens (tertiary/aromatic N) is 4. The summed E-state index contributed by atoms with van der Waals surface area (Å²) >= 11 is 0. The van der Waals surface area contributed by atoms with Crippen LogP contribution in [-0.4, -0.2) is 95.7 Å². The van der Waals surface area contributed by atoms with Gasteiger partial charge in [-0.15, -0.1) is 0 Å². The van der Waals surface area contributed by atoms with Crippen LogP contribution in [0.25, 0.3) is 11.3 Å². The van der Waals surface area contributed by atoms with Crippen LogP contribution in [0.15, 0.2) is 78.9 Å². The van der Waals surface area contributed by atoms with E-state index < -0.39 is 23.6 Å². The van der Waals surface area contributed by atoms with Gasteiger partial charge in [0.2, 0.25) is 0 Å². The Hall–Kier alpha value is -5.60. The highest BCUT2D eigenvalue weighted by atomic mass is 16.6. The van der Waals surface area contributed by atoms with Gasteiger partial charge in [-0.25, -0.2) is 9.48 Å². The predicted molar refractivity (Wildman–Crippen MR) is 221 cm³/mol. The van der Waals surface area contributed by atoms with Crippen molar-refractivity contribution in [3.8, 4) is 22.8 Å². The average Bonchev–Trinajstić information content (AvgIpc) is 3.61. The molecule has 3 aliphatic rings. The number of carbonyl (C=O) groups excluding carboxylic acids is 2. The number of amides is 2. The van der Waals surface area contributed by atoms with E-state index in [1.54, 1.807) is 0 Å². The molecule has 57 heavy (non-hydrogen) atoms. The van der Waals surface area contributed by atoms with E-state index in [1.807, 2.05) is 92.2 Å². The number of ether oxygens (including phenoxy) is 2. The second kappa shape index (κ2) is 19.0. The van der Waals surface area contributed by atoms with Gasteiger partial charge in [-0.05, 0) is 113 Å². The van der Waals surface area contributed by atoms with Crippen molar-refractivity contribution in [1.82, 2.24) is 25.3 Å². The molecular weight excluding hydrogens is 725 g/mol. The first kappa shape index (κ1) is 41.0. The number of alkyl carbamates (subject to hydrolysis) is 1. The Morgan fingerprint density at radius 1 is 0.877 bits per heavy atom. The summed E-state index contributed by atoms with van der Waals surface area (Å²) in [6.07, 6.45) is 3.02. The smallest absolute Gasteiger partial charge is 0.407 e. The van der Waals surface area contributed by atoms with Crippen LogP contribution in [0, 0.1) is 5.92 Å². The van der Waals surface area contributed by atoms with Crippen molar-refractivity contribution in [2.24, 2.45) is 11.7 Å². The lowest BCUT2D eigenvalue weighted by molar-refractivity contribution is -0.137. The van der Waals surface area contributed by atoms with E-state index >= 15 is 0 Å². The minimum atomic E-state index is -0.747. The molecule has 7 rings (SSSR count). The highest BCUT2D eigenvalue weighted by molar-refractivity contribution is 6.03. The van der Waals surface area contributed by atoms with Crippen LogP contribution in [0.1, 0.15) is 68.4 Å². The lowest BCUT2D eigenvalue weighted by Crippen LogP contribution is -2.46. The summed E-state index contributed by atoms with van der Waals surface area (Å²) in [4.78, 5) is 39.2. The third-order valence-electron chi connectivity index (χ3n) is 10.4. The van der Waals surface area contributed by atoms with Crippen molar-refractivity contribution < 1.29 is 29.0 Å². The molecule has 3 aromatic carbocycles. The van der Waals surface area contributed by atoms with Gasteiger partial charge in [0.05, 0.1) is 12.5 Å². The first-order chi connectivity index (χ1) is 27.4. The first-order valence-electron chi connectivity index (χ1n) is 19.9. The molecule has 0 spiro atoms. The molecular formula is C43H56N8O6. The third kappa shape index (κ3) is 11.5. The monoisotopic (exact) mass is 780 g/mol. The van der Waals surface area contributed by atoms with E-state index in [0.717, 1.165) is 99.2 Å². The number of aromatic nitrogens is 2. The molecule has 14 heteroatoms. The number of fused-ring (bicyclic) bond motifs is 1. The van der Waals surface area contributed by atoms with E-state index in [-0.39, 0.29) is 12.5 Å². The van der Waals surface area contributed by atoms with Crippen LogP contribution >= 0.6 is 0 Å². The molecule has 1 aromatic heterocycles. The molecule has 2 saturated heterocycles. The van der Waals surface area contributed by atoms with Crippen molar-refractivity contribution in [3.05, 3.63) is 90.0 Å². The lowest BCUT2D eigenvalue weighted by Gasteiger charge is -2.36. The number of benzene rings is 3. The number of piperidine rings is 1. The number of carboxylic acid groups (broad SMARTS) is 1. The average molecular weight is 781 g/mol. The molecule has 1 atom stereocenters. The molecule has 4 heterocycles. The SMILES string of the molecule is CC(C)(C)OC(=O)NCc1ccc(N2CCN(CCC(=O)O)CC2)cc1.NC(=O)c1c(-c2ccc(Oc3ccccc3)cc2)nn2c1NCC[C@H]2C1CCNCC1. The van der Waals surface area contributed by atoms with Crippen LogP contribution in [0.4, 0.5) is 16.3 Å². The van der Waals surface area contributed by atoms with Gasteiger partial charge in [0.25, 0.3) is 5.91 Å². The van der Waals surface area contributed by atoms with Gasteiger partial charge in [0.1, 0.15) is 34.2 Å². The Kier molecular flexibility index (Phi) is 13.7. The number of aliphatic carboxylic acids is 1. The highest BCUT2D eigenvalue weighted by Gasteiger charge is 2.34. The van der Waals surface area contributed by atoms with Gasteiger partial charge < -0.3 is 41.2 Å². The molecule has 0 bridgehead atoms. The summed E-state index contributed by atoms with van der Waals surface area (Å²) < 4.78 is 13.1. The van der Waals surface area contributed by atoms with E-state index in [1.165, 1.54) is 0 Å². The number of anilines is 2. The minimum Gasteiger partial charge on any atom is -0.481 e. The summed E-state index contributed by atoms with van der Waals surface area (Å²) in [5.41, 5.74) is 9.41. The van der Waals surface area contributed by atoms with Gasteiger partial charge in [-0.2, -0.15) is 5.10 Å². The molecule has 4 aromatic rings. The fourth-order valence-corrected chi connectivity index (χ4v) is 7.51. The number of carboxylic acids is 1. The van der Waals surface area contributed by atoms with Gasteiger partial charge in [0, 0.05) is 57.1 Å². The summed E-state index contributed by atoms with van der Waals surface area (Å²) in [6.45, 7) is 12.9. The predicted octanol–water partition coefficient (Wildman–Crippen LogP) is 6.11. The van der Waals surface area contributed by atoms with Crippen molar-refractivity contribution in [2.45, 2.75) is 64.6 Å². The summed E-state index contributed by atoms with van der Waals surface area (Å²) in [5, 5.41) is 23.2. The Bertz CT molecular complexity index is 1930. The Morgan fingerprint density at radius 3 is 2.18 bits per heavy atom. The highest BCUT2D eigenvalue weighted by Crippen LogP contribution is 2.39. The number of hydrogen-bond acceptors (Lipinski definition) is 10. The summed E-state index contributed by atoms with van der Waals surface area (Å²) in [5.74, 6) is 1.60. The number of primary amides is 1. The minimum absolute atomic E-state index is 0.194. The van der Waals surface area contributed by atoms with E-state index in [9.17, 15) is 14.4 Å². The molecule has 0 unspecified atom stereocenters. The normalized spacial score (nSPS) is 17.3. The van der Waals surface area contributed by atoms with Gasteiger partial charge >= 0.3 is 12.1 Å². The van der Waals surface area contributed by atoms with Crippen molar-refractivity contribution in [3.63, 3.8) is 0 Å². The van der Waals surface area contributed by atoms with Crippen LogP contribution in [0.2, 0.25) is 0 Å². The van der Waals surface area contributed by atoms with E-state index in [4.69, 9.17) is 25.4 Å². The Labute approximate surface area is 334 Å². The fourth-order valence-electron chi connectivity index (χ4n) is 7.51. The number of carbonyl (C=O) groups is 3. The summed E-state index contributed by atoms with van der Waals surface area (Å²) in [6, 6.07) is 25.7. The van der Waals surface area contributed by atoms with E-state index in [2.05, 4.69) is 37.9 Å². The lowest BCUT2D eigenvalue weighted by atomic mass is 9.87. The van der Waals surface area contributed by atoms with Crippen LogP contribution < -0.4 is 31.3 Å². The Morgan fingerprint density at radius 2 is 1.54 bits per heavy atom. The van der Waals surface area contributed by atoms with Crippen molar-refractivity contribution >= 4 is 29.5 Å². The molecule has 0 radical (unpaired) electrons. The van der Waals surface area contributed by atoms with Gasteiger partial charge in [-0.1, -0.05) is 30.3 Å². The standard InChI is InChI=1S/C24H27N5O2.C19H29N3O4/c25-23(30)21-22(17-6-8-19(9-7-17)31-18-4-2-1-3-5-18)28-29-20(12-15-27-24(21)29)16-10-13-26-14-11-16;1-19(2,3)26-18(25)20-14-15-4-6-16(7-5-15)22-12-10-21(11-13-22)9-8-17(23)24/h1-9,16,20,26-27H,10-15H2,(H2,25,30);4-7H,8-14H2,1-3H3,(H,20,25)(H,23,24)/t20-;/m0./s1. The molecule has 0 saturated carbocycles.